The maximum Gasteiger partial charge on any atom is 0.254 e. The fourth-order valence-electron chi connectivity index (χ4n) is 5.03. The van der Waals surface area contributed by atoms with E-state index in [1.807, 2.05) is 28.0 Å². The number of methoxy groups -OCH3 is 1. The van der Waals surface area contributed by atoms with Gasteiger partial charge in [-0.1, -0.05) is 6.07 Å². The quantitative estimate of drug-likeness (QED) is 0.663. The van der Waals surface area contributed by atoms with Crippen molar-refractivity contribution in [1.29, 1.82) is 0 Å². The van der Waals surface area contributed by atoms with Crippen LogP contribution >= 0.6 is 0 Å². The lowest BCUT2D eigenvalue weighted by Gasteiger charge is -2.38. The third-order valence-corrected chi connectivity index (χ3v) is 6.80. The Labute approximate surface area is 193 Å². The van der Waals surface area contributed by atoms with Gasteiger partial charge >= 0.3 is 0 Å². The van der Waals surface area contributed by atoms with Gasteiger partial charge in [-0.15, -0.1) is 0 Å². The zero-order valence-electron chi connectivity index (χ0n) is 18.9. The molecule has 2 aliphatic heterocycles. The molecule has 4 heterocycles. The topological polar surface area (TPSA) is 91.4 Å². The Balaban J connectivity index is 1.26. The predicted molar refractivity (Wildman–Crippen MR) is 124 cm³/mol. The molecule has 8 heteroatoms. The van der Waals surface area contributed by atoms with Crippen LogP contribution in [0.3, 0.4) is 0 Å². The zero-order valence-corrected chi connectivity index (χ0v) is 18.9. The number of nitrogens with zero attached hydrogens (tertiary/aromatic N) is 4. The standard InChI is InChI=1S/C25H29N5O3/c1-33-20-8-2-5-17(13-20)24(31)30-12-4-7-19(16-30)25(32)29-11-3-6-18(15-29)23-27-21-9-10-26-14-22(21)28-23/h2,5,8-10,13-14,18-19H,3-4,6-7,11-12,15-16H2,1H3,(H,27,28). The number of carbonyl (C=O) groups is 2. The highest BCUT2D eigenvalue weighted by Crippen LogP contribution is 2.29. The number of fused-ring (bicyclic) bond motifs is 1. The van der Waals surface area contributed by atoms with E-state index in [4.69, 9.17) is 9.72 Å². The van der Waals surface area contributed by atoms with Gasteiger partial charge < -0.3 is 19.5 Å². The van der Waals surface area contributed by atoms with E-state index in [1.54, 1.807) is 31.6 Å². The number of pyridine rings is 1. The van der Waals surface area contributed by atoms with Gasteiger partial charge in [-0.3, -0.25) is 14.6 Å². The normalized spacial score (nSPS) is 21.2. The molecule has 0 radical (unpaired) electrons. The summed E-state index contributed by atoms with van der Waals surface area (Å²) in [7, 11) is 1.59. The second-order valence-corrected chi connectivity index (χ2v) is 8.96. The van der Waals surface area contributed by atoms with Crippen molar-refractivity contribution < 1.29 is 14.3 Å². The molecule has 2 saturated heterocycles. The molecule has 0 aliphatic carbocycles. The molecule has 172 valence electrons. The number of rotatable bonds is 4. The molecular weight excluding hydrogens is 418 g/mol. The second kappa shape index (κ2) is 9.21. The van der Waals surface area contributed by atoms with Gasteiger partial charge in [0.15, 0.2) is 0 Å². The smallest absolute Gasteiger partial charge is 0.254 e. The maximum atomic E-state index is 13.4. The summed E-state index contributed by atoms with van der Waals surface area (Å²) in [4.78, 5) is 42.5. The van der Waals surface area contributed by atoms with Crippen molar-refractivity contribution in [1.82, 2.24) is 24.8 Å². The van der Waals surface area contributed by atoms with Gasteiger partial charge in [-0.25, -0.2) is 4.98 Å². The number of amides is 2. The third-order valence-electron chi connectivity index (χ3n) is 6.80. The first-order valence-electron chi connectivity index (χ1n) is 11.6. The van der Waals surface area contributed by atoms with Crippen LogP contribution in [0.25, 0.3) is 11.0 Å². The molecular formula is C25H29N5O3. The van der Waals surface area contributed by atoms with Gasteiger partial charge in [0, 0.05) is 43.9 Å². The van der Waals surface area contributed by atoms with Gasteiger partial charge in [0.05, 0.1) is 30.3 Å². The van der Waals surface area contributed by atoms with Crippen LogP contribution in [0.5, 0.6) is 5.75 Å². The fourth-order valence-corrected chi connectivity index (χ4v) is 5.03. The molecule has 2 fully saturated rings. The molecule has 8 nitrogen and oxygen atoms in total. The average Bonchev–Trinajstić information content (AvgIpc) is 3.32. The number of hydrogen-bond donors (Lipinski definition) is 1. The Kier molecular flexibility index (Phi) is 5.98. The average molecular weight is 448 g/mol. The lowest BCUT2D eigenvalue weighted by atomic mass is 9.92. The van der Waals surface area contributed by atoms with E-state index in [0.717, 1.165) is 49.1 Å². The van der Waals surface area contributed by atoms with Crippen LogP contribution in [-0.4, -0.2) is 69.9 Å². The van der Waals surface area contributed by atoms with E-state index >= 15 is 0 Å². The number of imidazole rings is 1. The van der Waals surface area contributed by atoms with Gasteiger partial charge in [-0.2, -0.15) is 0 Å². The molecule has 1 aromatic carbocycles. The largest absolute Gasteiger partial charge is 0.497 e. The predicted octanol–water partition coefficient (Wildman–Crippen LogP) is 3.22. The van der Waals surface area contributed by atoms with Crippen LogP contribution in [0, 0.1) is 5.92 Å². The zero-order chi connectivity index (χ0) is 22.8. The summed E-state index contributed by atoms with van der Waals surface area (Å²) < 4.78 is 5.25. The Morgan fingerprint density at radius 3 is 2.79 bits per heavy atom. The van der Waals surface area contributed by atoms with E-state index in [0.29, 0.717) is 30.9 Å². The number of carbonyl (C=O) groups excluding carboxylic acids is 2. The number of piperidine rings is 2. The minimum absolute atomic E-state index is 0.0428. The first kappa shape index (κ1) is 21.4. The number of likely N-dealkylation sites (tertiary alicyclic amines) is 2. The molecule has 2 atom stereocenters. The Hall–Kier alpha value is -3.42. The minimum Gasteiger partial charge on any atom is -0.497 e. The fraction of sp³-hybridized carbons (Fsp3) is 0.440. The highest BCUT2D eigenvalue weighted by atomic mass is 16.5. The summed E-state index contributed by atoms with van der Waals surface area (Å²) in [6, 6.07) is 9.10. The van der Waals surface area contributed by atoms with E-state index in [2.05, 4.69) is 9.97 Å². The molecule has 2 amide bonds. The number of hydrogen-bond acceptors (Lipinski definition) is 5. The summed E-state index contributed by atoms with van der Waals surface area (Å²) in [6.45, 7) is 2.56. The first-order chi connectivity index (χ1) is 16.1. The summed E-state index contributed by atoms with van der Waals surface area (Å²) in [6.07, 6.45) is 7.13. The highest BCUT2D eigenvalue weighted by Gasteiger charge is 2.34. The van der Waals surface area contributed by atoms with Crippen LogP contribution in [0.4, 0.5) is 0 Å². The molecule has 2 unspecified atom stereocenters. The summed E-state index contributed by atoms with van der Waals surface area (Å²) >= 11 is 0. The molecule has 2 aromatic heterocycles. The molecule has 0 saturated carbocycles. The monoisotopic (exact) mass is 447 g/mol. The van der Waals surface area contributed by atoms with Crippen LogP contribution in [0.1, 0.15) is 47.8 Å². The molecule has 1 N–H and O–H groups in total. The number of H-pyrrole nitrogens is 1. The van der Waals surface area contributed by atoms with Crippen LogP contribution in [-0.2, 0) is 4.79 Å². The molecule has 0 bridgehead atoms. The van der Waals surface area contributed by atoms with Crippen LogP contribution < -0.4 is 4.74 Å². The van der Waals surface area contributed by atoms with Gasteiger partial charge in [0.25, 0.3) is 5.91 Å². The summed E-state index contributed by atoms with van der Waals surface area (Å²) in [5, 5.41) is 0. The summed E-state index contributed by atoms with van der Waals surface area (Å²) in [5.74, 6) is 1.72. The first-order valence-corrected chi connectivity index (χ1v) is 11.6. The Morgan fingerprint density at radius 1 is 1.09 bits per heavy atom. The van der Waals surface area contributed by atoms with Gasteiger partial charge in [0.2, 0.25) is 5.91 Å². The number of benzene rings is 1. The molecule has 5 rings (SSSR count). The molecule has 0 spiro atoms. The van der Waals surface area contributed by atoms with Gasteiger partial charge in [-0.05, 0) is 49.9 Å². The van der Waals surface area contributed by atoms with Crippen LogP contribution in [0.2, 0.25) is 0 Å². The van der Waals surface area contributed by atoms with Crippen molar-refractivity contribution in [2.45, 2.75) is 31.6 Å². The van der Waals surface area contributed by atoms with Crippen molar-refractivity contribution in [3.05, 3.63) is 54.1 Å². The lowest BCUT2D eigenvalue weighted by Crippen LogP contribution is -2.49. The molecule has 2 aliphatic rings. The number of ether oxygens (including phenoxy) is 1. The van der Waals surface area contributed by atoms with E-state index in [-0.39, 0.29) is 23.7 Å². The van der Waals surface area contributed by atoms with E-state index in [1.165, 1.54) is 0 Å². The number of aromatic nitrogens is 3. The van der Waals surface area contributed by atoms with Gasteiger partial charge in [0.1, 0.15) is 11.6 Å². The van der Waals surface area contributed by atoms with E-state index < -0.39 is 0 Å². The Bertz CT molecular complexity index is 1130. The van der Waals surface area contributed by atoms with Crippen molar-refractivity contribution in [2.24, 2.45) is 5.92 Å². The van der Waals surface area contributed by atoms with Crippen molar-refractivity contribution in [3.8, 4) is 5.75 Å². The van der Waals surface area contributed by atoms with Crippen LogP contribution in [0.15, 0.2) is 42.7 Å². The number of nitrogens with one attached hydrogen (secondary N) is 1. The number of aromatic amines is 1. The molecule has 3 aromatic rings. The SMILES string of the molecule is COc1cccc(C(=O)N2CCCC(C(=O)N3CCCC(c4nc5ccncc5[nH]4)C3)C2)c1. The van der Waals surface area contributed by atoms with Crippen molar-refractivity contribution in [3.63, 3.8) is 0 Å². The Morgan fingerprint density at radius 2 is 1.94 bits per heavy atom. The highest BCUT2D eigenvalue weighted by molar-refractivity contribution is 5.95. The lowest BCUT2D eigenvalue weighted by molar-refractivity contribution is -0.138. The van der Waals surface area contributed by atoms with Crippen molar-refractivity contribution in [2.75, 3.05) is 33.3 Å². The second-order valence-electron chi connectivity index (χ2n) is 8.96. The minimum atomic E-state index is -0.160. The van der Waals surface area contributed by atoms with Crippen molar-refractivity contribution >= 4 is 22.8 Å². The molecule has 33 heavy (non-hydrogen) atoms. The maximum absolute atomic E-state index is 13.4. The third kappa shape index (κ3) is 4.42. The summed E-state index contributed by atoms with van der Waals surface area (Å²) in [5.41, 5.74) is 2.43. The van der Waals surface area contributed by atoms with E-state index in [9.17, 15) is 9.59 Å².